The van der Waals surface area contributed by atoms with E-state index < -0.39 is 0 Å². The van der Waals surface area contributed by atoms with E-state index in [0.717, 1.165) is 38.8 Å². The van der Waals surface area contributed by atoms with Crippen molar-refractivity contribution < 1.29 is 4.42 Å². The van der Waals surface area contributed by atoms with Crippen molar-refractivity contribution in [2.45, 2.75) is 26.2 Å². The van der Waals surface area contributed by atoms with Gasteiger partial charge in [-0.25, -0.2) is 0 Å². The Kier molecular flexibility index (Phi) is 5.84. The first-order chi connectivity index (χ1) is 23.9. The van der Waals surface area contributed by atoms with Gasteiger partial charge in [-0.05, 0) is 82.8 Å². The zero-order valence-electron chi connectivity index (χ0n) is 27.7. The molecule has 0 atom stereocenters. The highest BCUT2D eigenvalue weighted by atomic mass is 16.3. The van der Waals surface area contributed by atoms with E-state index in [1.54, 1.807) is 0 Å². The maximum absolute atomic E-state index is 6.31. The maximum atomic E-state index is 6.31. The van der Waals surface area contributed by atoms with Gasteiger partial charge in [0.15, 0.2) is 0 Å². The van der Waals surface area contributed by atoms with Crippen LogP contribution in [0.15, 0.2) is 156 Å². The van der Waals surface area contributed by atoms with Gasteiger partial charge in [-0.1, -0.05) is 106 Å². The van der Waals surface area contributed by atoms with E-state index in [9.17, 15) is 0 Å². The summed E-state index contributed by atoms with van der Waals surface area (Å²) in [6, 6.07) is 55.1. The van der Waals surface area contributed by atoms with Crippen LogP contribution >= 0.6 is 0 Å². The summed E-state index contributed by atoms with van der Waals surface area (Å²) < 4.78 is 11.1. The number of fused-ring (bicyclic) bond motifs is 9. The van der Waals surface area contributed by atoms with Gasteiger partial charge in [0.05, 0.1) is 22.1 Å². The first-order valence-electron chi connectivity index (χ1n) is 17.0. The fraction of sp³-hybridized carbons (Fsp3) is 0.0870. The minimum absolute atomic E-state index is 0.0944. The largest absolute Gasteiger partial charge is 0.456 e. The van der Waals surface area contributed by atoms with Crippen LogP contribution in [0.1, 0.15) is 26.3 Å². The standard InChI is InChI=1S/C46H34N2O/c1-46(2,3)31-20-25-42-37(26-31)34-10-4-7-13-40(34)47(42)32-21-16-29(17-22-32)30-18-23-33(24-19-30)48-41-14-8-5-11-35(41)38-27-39-36-12-6-9-15-44(36)49-45(39)28-43(38)48/h4-28H,1-3H3. The monoisotopic (exact) mass is 630 g/mol. The molecule has 3 heterocycles. The highest BCUT2D eigenvalue weighted by Crippen LogP contribution is 2.39. The Morgan fingerprint density at radius 1 is 0.388 bits per heavy atom. The van der Waals surface area contributed by atoms with Crippen molar-refractivity contribution in [3.05, 3.63) is 157 Å². The quantitative estimate of drug-likeness (QED) is 0.190. The summed E-state index contributed by atoms with van der Waals surface area (Å²) in [4.78, 5) is 0. The van der Waals surface area contributed by atoms with Crippen LogP contribution < -0.4 is 0 Å². The summed E-state index contributed by atoms with van der Waals surface area (Å²) in [5, 5.41) is 7.36. The lowest BCUT2D eigenvalue weighted by Crippen LogP contribution is -2.10. The third kappa shape index (κ3) is 4.22. The fourth-order valence-electron chi connectivity index (χ4n) is 7.79. The van der Waals surface area contributed by atoms with Crippen LogP contribution in [0.3, 0.4) is 0 Å². The Labute approximate surface area is 284 Å². The van der Waals surface area contributed by atoms with Gasteiger partial charge in [0, 0.05) is 49.8 Å². The number of hydrogen-bond acceptors (Lipinski definition) is 1. The lowest BCUT2D eigenvalue weighted by Gasteiger charge is -2.19. The lowest BCUT2D eigenvalue weighted by atomic mass is 9.86. The molecule has 3 nitrogen and oxygen atoms in total. The van der Waals surface area contributed by atoms with E-state index in [2.05, 4.69) is 169 Å². The van der Waals surface area contributed by atoms with Crippen molar-refractivity contribution in [1.29, 1.82) is 0 Å². The zero-order valence-corrected chi connectivity index (χ0v) is 27.7. The molecule has 0 spiro atoms. The summed E-state index contributed by atoms with van der Waals surface area (Å²) in [5.41, 5.74) is 12.7. The predicted molar refractivity (Wildman–Crippen MR) is 207 cm³/mol. The molecule has 10 rings (SSSR count). The van der Waals surface area contributed by atoms with Crippen molar-refractivity contribution in [3.8, 4) is 22.5 Å². The van der Waals surface area contributed by atoms with Crippen LogP contribution in [-0.2, 0) is 5.41 Å². The molecule has 234 valence electrons. The molecule has 0 aliphatic rings. The molecule has 7 aromatic carbocycles. The molecule has 0 bridgehead atoms. The van der Waals surface area contributed by atoms with Crippen molar-refractivity contribution >= 4 is 65.6 Å². The lowest BCUT2D eigenvalue weighted by molar-refractivity contribution is 0.591. The van der Waals surface area contributed by atoms with Crippen molar-refractivity contribution in [2.24, 2.45) is 0 Å². The van der Waals surface area contributed by atoms with Crippen LogP contribution in [0.5, 0.6) is 0 Å². The molecule has 3 heteroatoms. The summed E-state index contributed by atoms with van der Waals surface area (Å²) in [6.45, 7) is 6.84. The average molecular weight is 631 g/mol. The first-order valence-corrected chi connectivity index (χ1v) is 17.0. The molecule has 0 amide bonds. The fourth-order valence-corrected chi connectivity index (χ4v) is 7.79. The highest BCUT2D eigenvalue weighted by molar-refractivity contribution is 6.17. The number of hydrogen-bond donors (Lipinski definition) is 0. The van der Waals surface area contributed by atoms with Gasteiger partial charge in [0.1, 0.15) is 11.2 Å². The molecule has 0 N–H and O–H groups in total. The molecule has 0 fully saturated rings. The van der Waals surface area contributed by atoms with Crippen LogP contribution in [0.25, 0.3) is 88.1 Å². The number of aromatic nitrogens is 2. The molecular weight excluding hydrogens is 597 g/mol. The molecule has 0 unspecified atom stereocenters. The van der Waals surface area contributed by atoms with E-state index >= 15 is 0 Å². The van der Waals surface area contributed by atoms with Gasteiger partial charge in [-0.15, -0.1) is 0 Å². The molecule has 0 aliphatic carbocycles. The summed E-state index contributed by atoms with van der Waals surface area (Å²) in [5.74, 6) is 0. The minimum atomic E-state index is 0.0944. The van der Waals surface area contributed by atoms with E-state index in [1.165, 1.54) is 54.8 Å². The Bertz CT molecular complexity index is 2890. The Morgan fingerprint density at radius 3 is 1.51 bits per heavy atom. The van der Waals surface area contributed by atoms with Crippen molar-refractivity contribution in [1.82, 2.24) is 9.13 Å². The van der Waals surface area contributed by atoms with E-state index in [-0.39, 0.29) is 5.41 Å². The zero-order chi connectivity index (χ0) is 32.9. The Balaban J connectivity index is 1.05. The van der Waals surface area contributed by atoms with Gasteiger partial charge in [-0.3, -0.25) is 0 Å². The number of benzene rings is 7. The molecule has 0 aliphatic heterocycles. The number of furan rings is 1. The van der Waals surface area contributed by atoms with Crippen LogP contribution in [-0.4, -0.2) is 9.13 Å². The predicted octanol–water partition coefficient (Wildman–Crippen LogP) is 12.7. The third-order valence-corrected chi connectivity index (χ3v) is 10.3. The van der Waals surface area contributed by atoms with Gasteiger partial charge < -0.3 is 13.6 Å². The minimum Gasteiger partial charge on any atom is -0.456 e. The first kappa shape index (κ1) is 28.0. The molecule has 10 aromatic rings. The number of para-hydroxylation sites is 3. The second kappa shape index (κ2) is 10.2. The maximum Gasteiger partial charge on any atom is 0.137 e. The highest BCUT2D eigenvalue weighted by Gasteiger charge is 2.19. The number of nitrogens with zero attached hydrogens (tertiary/aromatic N) is 2. The van der Waals surface area contributed by atoms with E-state index in [1.807, 2.05) is 12.1 Å². The topological polar surface area (TPSA) is 23.0 Å². The molecule has 0 saturated heterocycles. The van der Waals surface area contributed by atoms with Crippen molar-refractivity contribution in [3.63, 3.8) is 0 Å². The van der Waals surface area contributed by atoms with Gasteiger partial charge >= 0.3 is 0 Å². The van der Waals surface area contributed by atoms with E-state index in [4.69, 9.17) is 4.42 Å². The van der Waals surface area contributed by atoms with Crippen LogP contribution in [0.2, 0.25) is 0 Å². The average Bonchev–Trinajstić information content (AvgIpc) is 3.77. The second-order valence-electron chi connectivity index (χ2n) is 14.2. The van der Waals surface area contributed by atoms with E-state index in [0.29, 0.717) is 0 Å². The molecule has 0 radical (unpaired) electrons. The van der Waals surface area contributed by atoms with Gasteiger partial charge in [0.25, 0.3) is 0 Å². The Morgan fingerprint density at radius 2 is 0.898 bits per heavy atom. The normalized spacial score (nSPS) is 12.4. The third-order valence-electron chi connectivity index (χ3n) is 10.3. The summed E-state index contributed by atoms with van der Waals surface area (Å²) >= 11 is 0. The van der Waals surface area contributed by atoms with Gasteiger partial charge in [0.2, 0.25) is 0 Å². The molecule has 3 aromatic heterocycles. The molecule has 0 saturated carbocycles. The summed E-state index contributed by atoms with van der Waals surface area (Å²) in [7, 11) is 0. The smallest absolute Gasteiger partial charge is 0.137 e. The molecule has 49 heavy (non-hydrogen) atoms. The Hall–Kier alpha value is -6.06. The number of rotatable bonds is 3. The summed E-state index contributed by atoms with van der Waals surface area (Å²) in [6.07, 6.45) is 0. The second-order valence-corrected chi connectivity index (χ2v) is 14.2. The van der Waals surface area contributed by atoms with Crippen LogP contribution in [0, 0.1) is 0 Å². The van der Waals surface area contributed by atoms with Crippen molar-refractivity contribution in [2.75, 3.05) is 0 Å². The van der Waals surface area contributed by atoms with Gasteiger partial charge in [-0.2, -0.15) is 0 Å². The van der Waals surface area contributed by atoms with Crippen LogP contribution in [0.4, 0.5) is 0 Å². The molecular formula is C46H34N2O. The SMILES string of the molecule is CC(C)(C)c1ccc2c(c1)c1ccccc1n2-c1ccc(-c2ccc(-n3c4ccccc4c4cc5c(cc43)oc3ccccc35)cc2)cc1.